The molecule has 0 aromatic rings. The van der Waals surface area contributed by atoms with E-state index in [4.69, 9.17) is 18.9 Å². The summed E-state index contributed by atoms with van der Waals surface area (Å²) in [5, 5.41) is 0. The monoisotopic (exact) mass is 290 g/mol. The molecule has 2 saturated heterocycles. The molecule has 5 atom stereocenters. The number of rotatable bonds is 1. The summed E-state index contributed by atoms with van der Waals surface area (Å²) in [6, 6.07) is 0. The molecule has 4 rings (SSSR count). The van der Waals surface area contributed by atoms with Crippen LogP contribution in [0.3, 0.4) is 0 Å². The molecule has 1 aliphatic carbocycles. The number of allylic oxidation sites excluding steroid dienone is 2. The van der Waals surface area contributed by atoms with Crippen molar-refractivity contribution < 1.29 is 28.5 Å². The van der Waals surface area contributed by atoms with E-state index in [0.29, 0.717) is 11.1 Å². The third-order valence-corrected chi connectivity index (χ3v) is 4.65. The third-order valence-electron chi connectivity index (χ3n) is 4.65. The molecule has 21 heavy (non-hydrogen) atoms. The Hall–Kier alpha value is -2.08. The zero-order chi connectivity index (χ0) is 14.8. The normalized spacial score (nSPS) is 44.0. The first kappa shape index (κ1) is 12.6. The molecule has 6 nitrogen and oxygen atoms in total. The standard InChI is InChI=1S/C15H14O6/c1-3-7-11-15(21-13(7)17)5-4-8-9(12(16)18-2)6-19-14(20-11)10(8)15/h3-6,8,10-11,14H,1-2H3/b7-3+/t8-,10-,11-,14-,15+/m1/s1. The van der Waals surface area contributed by atoms with Gasteiger partial charge in [-0.25, -0.2) is 9.59 Å². The van der Waals surface area contributed by atoms with Crippen molar-refractivity contribution in [3.63, 3.8) is 0 Å². The number of hydrogen-bond donors (Lipinski definition) is 0. The van der Waals surface area contributed by atoms with Gasteiger partial charge in [-0.15, -0.1) is 0 Å². The largest absolute Gasteiger partial charge is 0.471 e. The molecule has 0 aromatic carbocycles. The first-order valence-electron chi connectivity index (χ1n) is 6.80. The number of hydrogen-bond acceptors (Lipinski definition) is 6. The molecule has 0 saturated carbocycles. The van der Waals surface area contributed by atoms with E-state index in [-0.39, 0.29) is 17.8 Å². The van der Waals surface area contributed by atoms with Crippen molar-refractivity contribution in [1.82, 2.24) is 0 Å². The SMILES string of the molecule is C/C=C1/C(=O)O[C@]23C=C[C@@H]4C(C(=O)OC)=CO[C@H](O[C@H]12)[C@@H]43. The van der Waals surface area contributed by atoms with E-state index in [1.165, 1.54) is 13.4 Å². The van der Waals surface area contributed by atoms with Crippen molar-refractivity contribution in [2.45, 2.75) is 24.9 Å². The molecule has 0 radical (unpaired) electrons. The van der Waals surface area contributed by atoms with Gasteiger partial charge < -0.3 is 18.9 Å². The molecule has 6 heteroatoms. The summed E-state index contributed by atoms with van der Waals surface area (Å²) in [4.78, 5) is 23.8. The Labute approximate surface area is 121 Å². The summed E-state index contributed by atoms with van der Waals surface area (Å²) in [6.07, 6.45) is 5.77. The molecular formula is C15H14O6. The lowest BCUT2D eigenvalue weighted by Crippen LogP contribution is -2.43. The first-order valence-corrected chi connectivity index (χ1v) is 6.80. The van der Waals surface area contributed by atoms with E-state index in [1.54, 1.807) is 13.0 Å². The summed E-state index contributed by atoms with van der Waals surface area (Å²) in [5.74, 6) is -1.31. The van der Waals surface area contributed by atoms with Gasteiger partial charge in [-0.1, -0.05) is 12.2 Å². The third kappa shape index (κ3) is 1.35. The molecule has 1 spiro atoms. The molecule has 0 amide bonds. The maximum Gasteiger partial charge on any atom is 0.337 e. The number of methoxy groups -OCH3 is 1. The topological polar surface area (TPSA) is 71.1 Å². The average Bonchev–Trinajstić information content (AvgIpc) is 3.08. The van der Waals surface area contributed by atoms with Crippen molar-refractivity contribution in [3.8, 4) is 0 Å². The molecule has 3 aliphatic heterocycles. The van der Waals surface area contributed by atoms with E-state index in [0.717, 1.165) is 0 Å². The summed E-state index contributed by atoms with van der Waals surface area (Å²) in [5.41, 5.74) is 0.0425. The fourth-order valence-corrected chi connectivity index (χ4v) is 3.74. The van der Waals surface area contributed by atoms with Gasteiger partial charge in [-0.2, -0.15) is 0 Å². The van der Waals surface area contributed by atoms with Gasteiger partial charge in [-0.3, -0.25) is 0 Å². The van der Waals surface area contributed by atoms with Crippen LogP contribution in [0.25, 0.3) is 0 Å². The van der Waals surface area contributed by atoms with Crippen LogP contribution in [0.5, 0.6) is 0 Å². The minimum absolute atomic E-state index is 0.231. The Morgan fingerprint density at radius 3 is 3.00 bits per heavy atom. The van der Waals surface area contributed by atoms with E-state index in [9.17, 15) is 9.59 Å². The van der Waals surface area contributed by atoms with Crippen LogP contribution in [0.2, 0.25) is 0 Å². The van der Waals surface area contributed by atoms with E-state index in [1.807, 2.05) is 12.2 Å². The second-order valence-electron chi connectivity index (χ2n) is 5.48. The molecule has 4 aliphatic rings. The zero-order valence-electron chi connectivity index (χ0n) is 11.6. The van der Waals surface area contributed by atoms with E-state index in [2.05, 4.69) is 0 Å². The lowest BCUT2D eigenvalue weighted by Gasteiger charge is -2.32. The number of ether oxygens (including phenoxy) is 4. The Kier molecular flexibility index (Phi) is 2.39. The Balaban J connectivity index is 1.78. The zero-order valence-corrected chi connectivity index (χ0v) is 11.6. The Morgan fingerprint density at radius 2 is 2.29 bits per heavy atom. The highest BCUT2D eigenvalue weighted by Crippen LogP contribution is 2.57. The highest BCUT2D eigenvalue weighted by Gasteiger charge is 2.70. The fraction of sp³-hybridized carbons (Fsp3) is 0.467. The highest BCUT2D eigenvalue weighted by molar-refractivity contribution is 5.94. The second-order valence-corrected chi connectivity index (χ2v) is 5.48. The minimum Gasteiger partial charge on any atom is -0.471 e. The molecule has 0 aromatic heterocycles. The predicted molar refractivity (Wildman–Crippen MR) is 68.5 cm³/mol. The van der Waals surface area contributed by atoms with Crippen molar-refractivity contribution in [3.05, 3.63) is 35.6 Å². The van der Waals surface area contributed by atoms with Crippen LogP contribution in [0.15, 0.2) is 35.6 Å². The van der Waals surface area contributed by atoms with Gasteiger partial charge in [-0.05, 0) is 13.0 Å². The van der Waals surface area contributed by atoms with Crippen LogP contribution in [-0.4, -0.2) is 37.0 Å². The first-order chi connectivity index (χ1) is 10.1. The summed E-state index contributed by atoms with van der Waals surface area (Å²) < 4.78 is 21.8. The van der Waals surface area contributed by atoms with Crippen LogP contribution < -0.4 is 0 Å². The van der Waals surface area contributed by atoms with Crippen molar-refractivity contribution in [2.75, 3.05) is 7.11 Å². The van der Waals surface area contributed by atoms with Crippen molar-refractivity contribution in [2.24, 2.45) is 11.8 Å². The molecule has 0 N–H and O–H groups in total. The smallest absolute Gasteiger partial charge is 0.337 e. The van der Waals surface area contributed by atoms with Crippen LogP contribution in [-0.2, 0) is 28.5 Å². The van der Waals surface area contributed by atoms with Gasteiger partial charge in [0.25, 0.3) is 0 Å². The lowest BCUT2D eigenvalue weighted by molar-refractivity contribution is -0.152. The molecule has 2 fully saturated rings. The number of carbonyl (C=O) groups excluding carboxylic acids is 2. The van der Waals surface area contributed by atoms with E-state index >= 15 is 0 Å². The molecule has 0 bridgehead atoms. The van der Waals surface area contributed by atoms with E-state index < -0.39 is 24.0 Å². The average molecular weight is 290 g/mol. The van der Waals surface area contributed by atoms with Crippen LogP contribution in [0, 0.1) is 11.8 Å². The minimum atomic E-state index is -0.873. The van der Waals surface area contributed by atoms with Crippen LogP contribution in [0.1, 0.15) is 6.92 Å². The molecule has 0 unspecified atom stereocenters. The predicted octanol–water partition coefficient (Wildman–Crippen LogP) is 0.842. The Morgan fingerprint density at radius 1 is 1.48 bits per heavy atom. The lowest BCUT2D eigenvalue weighted by atomic mass is 9.78. The van der Waals surface area contributed by atoms with Gasteiger partial charge >= 0.3 is 11.9 Å². The maximum absolute atomic E-state index is 12.0. The fourth-order valence-electron chi connectivity index (χ4n) is 3.74. The molecule has 3 heterocycles. The van der Waals surface area contributed by atoms with Crippen molar-refractivity contribution >= 4 is 11.9 Å². The van der Waals surface area contributed by atoms with Crippen LogP contribution >= 0.6 is 0 Å². The highest BCUT2D eigenvalue weighted by atomic mass is 16.7. The molecule has 110 valence electrons. The quantitative estimate of drug-likeness (QED) is 0.405. The van der Waals surface area contributed by atoms with Crippen molar-refractivity contribution in [1.29, 1.82) is 0 Å². The van der Waals surface area contributed by atoms with Crippen LogP contribution in [0.4, 0.5) is 0 Å². The summed E-state index contributed by atoms with van der Waals surface area (Å²) in [6.45, 7) is 1.77. The maximum atomic E-state index is 12.0. The summed E-state index contributed by atoms with van der Waals surface area (Å²) >= 11 is 0. The second kappa shape index (κ2) is 3.98. The van der Waals surface area contributed by atoms with Gasteiger partial charge in [0.15, 0.2) is 5.60 Å². The van der Waals surface area contributed by atoms with Gasteiger partial charge in [0.1, 0.15) is 6.10 Å². The Bertz CT molecular complexity index is 630. The van der Waals surface area contributed by atoms with Gasteiger partial charge in [0.05, 0.1) is 30.4 Å². The van der Waals surface area contributed by atoms with Gasteiger partial charge in [0, 0.05) is 5.92 Å². The number of esters is 2. The number of carbonyl (C=O) groups is 2. The van der Waals surface area contributed by atoms with Gasteiger partial charge in [0.2, 0.25) is 6.29 Å². The summed E-state index contributed by atoms with van der Waals surface area (Å²) in [7, 11) is 1.32. The molecular weight excluding hydrogens is 276 g/mol.